The van der Waals surface area contributed by atoms with Gasteiger partial charge in [-0.15, -0.1) is 0 Å². The van der Waals surface area contributed by atoms with Gasteiger partial charge in [-0.1, -0.05) is 34.5 Å². The van der Waals surface area contributed by atoms with Crippen molar-refractivity contribution in [2.45, 2.75) is 17.0 Å². The second kappa shape index (κ2) is 5.08. The lowest BCUT2D eigenvalue weighted by molar-refractivity contribution is 0.0976. The number of sulfone groups is 1. The van der Waals surface area contributed by atoms with Crippen molar-refractivity contribution >= 4 is 43.2 Å². The van der Waals surface area contributed by atoms with Crippen molar-refractivity contribution < 1.29 is 13.2 Å². The van der Waals surface area contributed by atoms with Gasteiger partial charge in [0.1, 0.15) is 0 Å². The van der Waals surface area contributed by atoms with Crippen molar-refractivity contribution in [3.8, 4) is 0 Å². The lowest BCUT2D eigenvalue weighted by Gasteiger charge is -2.22. The zero-order chi connectivity index (χ0) is 13.3. The Labute approximate surface area is 114 Å². The normalized spacial score (nSPS) is 15.3. The van der Waals surface area contributed by atoms with Gasteiger partial charge in [0.25, 0.3) is 0 Å². The molecule has 94 valence electrons. The smallest absolute Gasteiger partial charge is 0.194 e. The summed E-state index contributed by atoms with van der Waals surface area (Å²) in [5, 5.41) is 0.498. The highest BCUT2D eigenvalue weighted by Crippen LogP contribution is 2.33. The molecule has 0 saturated heterocycles. The Kier molecular flexibility index (Phi) is 4.38. The predicted octanol–water partition coefficient (Wildman–Crippen LogP) is 3.07. The molecule has 3 nitrogen and oxygen atoms in total. The minimum absolute atomic E-state index is 0.160. The van der Waals surface area contributed by atoms with Crippen LogP contribution in [0, 0.1) is 0 Å². The number of ketones is 1. The Hall–Kier alpha value is -0.390. The SMILES string of the molecule is CC[C@@](Br)(C(=O)c1ccc(Cl)cc1)S(C)(=O)=O. The lowest BCUT2D eigenvalue weighted by Crippen LogP contribution is -2.39. The van der Waals surface area contributed by atoms with Crippen molar-refractivity contribution in [3.63, 3.8) is 0 Å². The zero-order valence-corrected chi connectivity index (χ0v) is 12.6. The predicted molar refractivity (Wildman–Crippen MR) is 72.6 cm³/mol. The molecule has 17 heavy (non-hydrogen) atoms. The van der Waals surface area contributed by atoms with Crippen LogP contribution in [-0.4, -0.2) is 24.1 Å². The summed E-state index contributed by atoms with van der Waals surface area (Å²) in [5.41, 5.74) is 0.318. The molecule has 0 N–H and O–H groups in total. The first-order valence-corrected chi connectivity index (χ1v) is 7.97. The molecule has 0 fully saturated rings. The van der Waals surface area contributed by atoms with Crippen molar-refractivity contribution in [3.05, 3.63) is 34.9 Å². The summed E-state index contributed by atoms with van der Waals surface area (Å²) < 4.78 is 21.8. The monoisotopic (exact) mass is 338 g/mol. The van der Waals surface area contributed by atoms with Crippen LogP contribution in [0.5, 0.6) is 0 Å². The van der Waals surface area contributed by atoms with Gasteiger partial charge in [-0.2, -0.15) is 0 Å². The number of alkyl halides is 1. The highest BCUT2D eigenvalue weighted by atomic mass is 79.9. The Morgan fingerprint density at radius 1 is 1.35 bits per heavy atom. The minimum atomic E-state index is -3.54. The van der Waals surface area contributed by atoms with E-state index in [4.69, 9.17) is 11.6 Å². The number of halogens is 2. The van der Waals surface area contributed by atoms with Gasteiger partial charge < -0.3 is 0 Å². The topological polar surface area (TPSA) is 51.2 Å². The lowest BCUT2D eigenvalue weighted by atomic mass is 10.1. The molecule has 1 rings (SSSR count). The van der Waals surface area contributed by atoms with E-state index in [0.717, 1.165) is 6.26 Å². The average molecular weight is 340 g/mol. The summed E-state index contributed by atoms with van der Waals surface area (Å²) in [6, 6.07) is 6.14. The fraction of sp³-hybridized carbons (Fsp3) is 0.364. The van der Waals surface area contributed by atoms with E-state index in [0.29, 0.717) is 10.6 Å². The molecule has 0 aromatic heterocycles. The van der Waals surface area contributed by atoms with Gasteiger partial charge in [0, 0.05) is 16.8 Å². The van der Waals surface area contributed by atoms with Crippen LogP contribution in [0.1, 0.15) is 23.7 Å². The molecule has 1 aromatic carbocycles. The van der Waals surface area contributed by atoms with Gasteiger partial charge in [-0.05, 0) is 30.7 Å². The van der Waals surface area contributed by atoms with Gasteiger partial charge in [0.2, 0.25) is 0 Å². The largest absolute Gasteiger partial charge is 0.291 e. The maximum atomic E-state index is 12.2. The second-order valence-electron chi connectivity index (χ2n) is 3.69. The first kappa shape index (κ1) is 14.7. The Morgan fingerprint density at radius 3 is 2.18 bits per heavy atom. The molecule has 0 aliphatic carbocycles. The molecule has 0 aliphatic rings. The molecule has 0 heterocycles. The maximum Gasteiger partial charge on any atom is 0.194 e. The highest BCUT2D eigenvalue weighted by Gasteiger charge is 2.44. The number of rotatable bonds is 4. The number of hydrogen-bond acceptors (Lipinski definition) is 3. The van der Waals surface area contributed by atoms with Gasteiger partial charge in [0.05, 0.1) is 0 Å². The Morgan fingerprint density at radius 2 is 1.82 bits per heavy atom. The van der Waals surface area contributed by atoms with Gasteiger partial charge in [-0.3, -0.25) is 4.79 Å². The van der Waals surface area contributed by atoms with E-state index >= 15 is 0 Å². The van der Waals surface area contributed by atoms with E-state index in [2.05, 4.69) is 15.9 Å². The number of carbonyl (C=O) groups excluding carboxylic acids is 1. The molecular formula is C11H12BrClO3S. The van der Waals surface area contributed by atoms with Crippen LogP contribution < -0.4 is 0 Å². The summed E-state index contributed by atoms with van der Waals surface area (Å²) in [4.78, 5) is 12.2. The fourth-order valence-electron chi connectivity index (χ4n) is 1.41. The quantitative estimate of drug-likeness (QED) is 0.626. The minimum Gasteiger partial charge on any atom is -0.291 e. The summed E-state index contributed by atoms with van der Waals surface area (Å²) in [6.45, 7) is 1.64. The summed E-state index contributed by atoms with van der Waals surface area (Å²) in [7, 11) is -3.54. The summed E-state index contributed by atoms with van der Waals surface area (Å²) in [5.74, 6) is -0.473. The van der Waals surface area contributed by atoms with Crippen LogP contribution in [0.4, 0.5) is 0 Å². The van der Waals surface area contributed by atoms with E-state index in [1.54, 1.807) is 19.1 Å². The summed E-state index contributed by atoms with van der Waals surface area (Å²) in [6.07, 6.45) is 1.20. The first-order valence-electron chi connectivity index (χ1n) is 4.91. The van der Waals surface area contributed by atoms with E-state index in [1.807, 2.05) is 0 Å². The maximum absolute atomic E-state index is 12.2. The van der Waals surface area contributed by atoms with Crippen LogP contribution >= 0.6 is 27.5 Å². The fourth-order valence-corrected chi connectivity index (χ4v) is 2.74. The van der Waals surface area contributed by atoms with Crippen LogP contribution in [0.3, 0.4) is 0 Å². The van der Waals surface area contributed by atoms with Gasteiger partial charge in [0.15, 0.2) is 19.3 Å². The number of Topliss-reactive ketones (excluding diaryl/α,β-unsaturated/α-hetero) is 1. The summed E-state index contributed by atoms with van der Waals surface area (Å²) >= 11 is 8.77. The van der Waals surface area contributed by atoms with Crippen molar-refractivity contribution in [2.75, 3.05) is 6.26 Å². The Bertz CT molecular complexity index is 524. The zero-order valence-electron chi connectivity index (χ0n) is 9.41. The van der Waals surface area contributed by atoms with Crippen molar-refractivity contribution in [1.29, 1.82) is 0 Å². The average Bonchev–Trinajstić information content (AvgIpc) is 2.26. The van der Waals surface area contributed by atoms with Crippen LogP contribution in [0.2, 0.25) is 5.02 Å². The highest BCUT2D eigenvalue weighted by molar-refractivity contribution is 9.12. The molecule has 0 unspecified atom stereocenters. The number of carbonyl (C=O) groups is 1. The third-order valence-corrected chi connectivity index (χ3v) is 7.07. The molecule has 1 atom stereocenters. The van der Waals surface area contributed by atoms with E-state index in [9.17, 15) is 13.2 Å². The van der Waals surface area contributed by atoms with Crippen molar-refractivity contribution in [1.82, 2.24) is 0 Å². The van der Waals surface area contributed by atoms with E-state index < -0.39 is 19.3 Å². The molecule has 1 aromatic rings. The number of benzene rings is 1. The molecule has 0 spiro atoms. The van der Waals surface area contributed by atoms with Gasteiger partial charge >= 0.3 is 0 Å². The molecule has 0 aliphatic heterocycles. The third-order valence-electron chi connectivity index (χ3n) is 2.49. The van der Waals surface area contributed by atoms with Gasteiger partial charge in [-0.25, -0.2) is 8.42 Å². The molecule has 0 amide bonds. The first-order chi connectivity index (χ1) is 7.72. The molecule has 0 bridgehead atoms. The molecular weight excluding hydrogens is 328 g/mol. The van der Waals surface area contributed by atoms with Crippen LogP contribution in [0.15, 0.2) is 24.3 Å². The Balaban J connectivity index is 3.24. The van der Waals surface area contributed by atoms with Crippen molar-refractivity contribution in [2.24, 2.45) is 0 Å². The van der Waals surface area contributed by atoms with Crippen LogP contribution in [0.25, 0.3) is 0 Å². The molecule has 6 heteroatoms. The standard InChI is InChI=1S/C11H12BrClO3S/c1-3-11(12,17(2,15)16)10(14)8-4-6-9(13)7-5-8/h4-7H,3H2,1-2H3/t11-/m0/s1. The molecule has 0 radical (unpaired) electrons. The van der Waals surface area contributed by atoms with E-state index in [-0.39, 0.29) is 6.42 Å². The van der Waals surface area contributed by atoms with E-state index in [1.165, 1.54) is 12.1 Å². The third kappa shape index (κ3) is 2.89. The molecule has 0 saturated carbocycles. The van der Waals surface area contributed by atoms with Crippen LogP contribution in [-0.2, 0) is 9.84 Å². The number of hydrogen-bond donors (Lipinski definition) is 0. The second-order valence-corrected chi connectivity index (χ2v) is 8.25.